The summed E-state index contributed by atoms with van der Waals surface area (Å²) in [4.78, 5) is 24.4. The second-order valence-corrected chi connectivity index (χ2v) is 8.59. The molecule has 1 atom stereocenters. The van der Waals surface area contributed by atoms with Crippen LogP contribution in [0.4, 0.5) is 0 Å². The van der Waals surface area contributed by atoms with E-state index in [0.717, 1.165) is 35.4 Å². The van der Waals surface area contributed by atoms with Crippen molar-refractivity contribution in [3.8, 4) is 5.75 Å². The molecule has 1 aliphatic rings. The van der Waals surface area contributed by atoms with Crippen LogP contribution in [0.2, 0.25) is 0 Å². The SMILES string of the molecule is CC1(C)CCc2cc(Cc3[nH][nH]c(=O)c3C(CC(N)=O)c3ccccc3)ccc2O1. The third kappa shape index (κ3) is 4.17. The minimum atomic E-state index is -0.441. The summed E-state index contributed by atoms with van der Waals surface area (Å²) in [5.74, 6) is 0.0908. The molecule has 0 fully saturated rings. The fourth-order valence-electron chi connectivity index (χ4n) is 4.21. The molecule has 0 aliphatic carbocycles. The molecule has 0 radical (unpaired) electrons. The largest absolute Gasteiger partial charge is 0.488 e. The highest BCUT2D eigenvalue weighted by Crippen LogP contribution is 2.34. The van der Waals surface area contributed by atoms with Gasteiger partial charge in [-0.15, -0.1) is 0 Å². The van der Waals surface area contributed by atoms with E-state index in [-0.39, 0.29) is 17.6 Å². The first kappa shape index (κ1) is 20.0. The average molecular weight is 405 g/mol. The molecule has 6 heteroatoms. The summed E-state index contributed by atoms with van der Waals surface area (Å²) in [5, 5.41) is 5.71. The Labute approximate surface area is 175 Å². The van der Waals surface area contributed by atoms with E-state index in [2.05, 4.69) is 30.1 Å². The number of fused-ring (bicyclic) bond motifs is 1. The molecule has 30 heavy (non-hydrogen) atoms. The van der Waals surface area contributed by atoms with Crippen LogP contribution >= 0.6 is 0 Å². The van der Waals surface area contributed by atoms with Gasteiger partial charge in [0.2, 0.25) is 5.91 Å². The number of benzene rings is 2. The van der Waals surface area contributed by atoms with E-state index in [4.69, 9.17) is 10.5 Å². The standard InChI is InChI=1S/C24H27N3O3/c1-24(2)11-10-17-12-15(8-9-20(17)30-24)13-19-22(23(29)27-26-19)18(14-21(25)28)16-6-4-3-5-7-16/h3-9,12,18H,10-11,13-14H2,1-2H3,(H2,25,28)(H2,26,27,29). The number of aromatic amines is 2. The number of ether oxygens (including phenoxy) is 1. The average Bonchev–Trinajstić information content (AvgIpc) is 3.06. The number of hydrogen-bond donors (Lipinski definition) is 3. The maximum atomic E-state index is 12.7. The maximum Gasteiger partial charge on any atom is 0.267 e. The minimum absolute atomic E-state index is 0.0745. The Kier molecular flexibility index (Phi) is 5.24. The molecule has 0 bridgehead atoms. The fourth-order valence-corrected chi connectivity index (χ4v) is 4.21. The monoisotopic (exact) mass is 405 g/mol. The molecule has 0 saturated carbocycles. The van der Waals surface area contributed by atoms with Crippen molar-refractivity contribution in [2.75, 3.05) is 0 Å². The number of carbonyl (C=O) groups is 1. The Morgan fingerprint density at radius 1 is 1.17 bits per heavy atom. The second-order valence-electron chi connectivity index (χ2n) is 8.59. The molecule has 1 aliphatic heterocycles. The molecule has 1 amide bonds. The van der Waals surface area contributed by atoms with Gasteiger partial charge in [0.15, 0.2) is 0 Å². The summed E-state index contributed by atoms with van der Waals surface area (Å²) in [5.41, 5.74) is 9.64. The van der Waals surface area contributed by atoms with Crippen LogP contribution in [0.5, 0.6) is 5.75 Å². The summed E-state index contributed by atoms with van der Waals surface area (Å²) in [6, 6.07) is 15.7. The van der Waals surface area contributed by atoms with Gasteiger partial charge < -0.3 is 15.6 Å². The molecule has 1 aromatic heterocycles. The minimum Gasteiger partial charge on any atom is -0.488 e. The van der Waals surface area contributed by atoms with Crippen LogP contribution in [0, 0.1) is 0 Å². The lowest BCUT2D eigenvalue weighted by Crippen LogP contribution is -2.32. The van der Waals surface area contributed by atoms with Crippen LogP contribution in [0.15, 0.2) is 53.3 Å². The molecule has 6 nitrogen and oxygen atoms in total. The van der Waals surface area contributed by atoms with Gasteiger partial charge in [-0.1, -0.05) is 42.5 Å². The van der Waals surface area contributed by atoms with Crippen LogP contribution in [-0.4, -0.2) is 21.7 Å². The third-order valence-corrected chi connectivity index (χ3v) is 5.74. The molecular weight excluding hydrogens is 378 g/mol. The Balaban J connectivity index is 1.67. The van der Waals surface area contributed by atoms with Crippen molar-refractivity contribution in [1.82, 2.24) is 10.2 Å². The van der Waals surface area contributed by atoms with Crippen molar-refractivity contribution >= 4 is 5.91 Å². The highest BCUT2D eigenvalue weighted by atomic mass is 16.5. The summed E-state index contributed by atoms with van der Waals surface area (Å²) in [6.07, 6.45) is 2.54. The number of primary amides is 1. The molecule has 156 valence electrons. The predicted molar refractivity (Wildman–Crippen MR) is 116 cm³/mol. The quantitative estimate of drug-likeness (QED) is 0.586. The van der Waals surface area contributed by atoms with E-state index in [1.807, 2.05) is 42.5 Å². The van der Waals surface area contributed by atoms with Gasteiger partial charge in [-0.05, 0) is 49.4 Å². The van der Waals surface area contributed by atoms with E-state index in [1.165, 1.54) is 5.56 Å². The number of H-pyrrole nitrogens is 2. The van der Waals surface area contributed by atoms with Crippen molar-refractivity contribution < 1.29 is 9.53 Å². The molecule has 2 heterocycles. The number of amides is 1. The molecular formula is C24H27N3O3. The highest BCUT2D eigenvalue weighted by molar-refractivity contribution is 5.75. The van der Waals surface area contributed by atoms with Gasteiger partial charge in [0.25, 0.3) is 5.56 Å². The topological polar surface area (TPSA) is 101 Å². The number of aryl methyl sites for hydroxylation is 1. The van der Waals surface area contributed by atoms with Gasteiger partial charge in [0, 0.05) is 30.0 Å². The Morgan fingerprint density at radius 3 is 2.67 bits per heavy atom. The smallest absolute Gasteiger partial charge is 0.267 e. The number of nitrogens with one attached hydrogen (secondary N) is 2. The summed E-state index contributed by atoms with van der Waals surface area (Å²) in [6.45, 7) is 4.20. The van der Waals surface area contributed by atoms with Crippen molar-refractivity contribution in [1.29, 1.82) is 0 Å². The van der Waals surface area contributed by atoms with Gasteiger partial charge >= 0.3 is 0 Å². The highest BCUT2D eigenvalue weighted by Gasteiger charge is 2.27. The fraction of sp³-hybridized carbons (Fsp3) is 0.333. The van der Waals surface area contributed by atoms with E-state index in [9.17, 15) is 9.59 Å². The number of carbonyl (C=O) groups excluding carboxylic acids is 1. The van der Waals surface area contributed by atoms with Crippen LogP contribution in [0.1, 0.15) is 60.6 Å². The van der Waals surface area contributed by atoms with E-state index in [1.54, 1.807) is 0 Å². The zero-order chi connectivity index (χ0) is 21.3. The molecule has 3 aromatic rings. The Hall–Kier alpha value is -3.28. The normalized spacial score (nSPS) is 15.8. The molecule has 4 N–H and O–H groups in total. The number of nitrogens with two attached hydrogens (primary N) is 1. The van der Waals surface area contributed by atoms with Crippen LogP contribution in [0.3, 0.4) is 0 Å². The first-order valence-electron chi connectivity index (χ1n) is 10.3. The Morgan fingerprint density at radius 2 is 1.93 bits per heavy atom. The van der Waals surface area contributed by atoms with Crippen LogP contribution < -0.4 is 16.0 Å². The molecule has 0 spiro atoms. The van der Waals surface area contributed by atoms with Crippen LogP contribution in [-0.2, 0) is 17.6 Å². The predicted octanol–water partition coefficient (Wildman–Crippen LogP) is 3.40. The van der Waals surface area contributed by atoms with Crippen molar-refractivity contribution in [3.05, 3.63) is 86.8 Å². The van der Waals surface area contributed by atoms with Crippen LogP contribution in [0.25, 0.3) is 0 Å². The van der Waals surface area contributed by atoms with Crippen molar-refractivity contribution in [2.45, 2.75) is 51.0 Å². The van der Waals surface area contributed by atoms with E-state index in [0.29, 0.717) is 12.0 Å². The molecule has 1 unspecified atom stereocenters. The van der Waals surface area contributed by atoms with Crippen molar-refractivity contribution in [2.24, 2.45) is 5.73 Å². The van der Waals surface area contributed by atoms with E-state index >= 15 is 0 Å². The zero-order valence-corrected chi connectivity index (χ0v) is 17.3. The first-order valence-corrected chi connectivity index (χ1v) is 10.3. The lowest BCUT2D eigenvalue weighted by molar-refractivity contribution is -0.118. The van der Waals surface area contributed by atoms with Gasteiger partial charge in [-0.25, -0.2) is 0 Å². The lowest BCUT2D eigenvalue weighted by Gasteiger charge is -2.32. The number of aromatic nitrogens is 2. The van der Waals surface area contributed by atoms with Gasteiger partial charge in [-0.2, -0.15) is 0 Å². The maximum absolute atomic E-state index is 12.7. The first-order chi connectivity index (χ1) is 14.3. The van der Waals surface area contributed by atoms with Gasteiger partial charge in [0.1, 0.15) is 11.4 Å². The molecule has 0 saturated heterocycles. The molecule has 4 rings (SSSR count). The summed E-state index contributed by atoms with van der Waals surface area (Å²) < 4.78 is 6.08. The third-order valence-electron chi connectivity index (χ3n) is 5.74. The number of hydrogen-bond acceptors (Lipinski definition) is 3. The van der Waals surface area contributed by atoms with E-state index < -0.39 is 11.8 Å². The lowest BCUT2D eigenvalue weighted by atomic mass is 9.86. The Bertz CT molecular complexity index is 1110. The molecule has 2 aromatic carbocycles. The van der Waals surface area contributed by atoms with Gasteiger partial charge in [-0.3, -0.25) is 14.7 Å². The summed E-state index contributed by atoms with van der Waals surface area (Å²) in [7, 11) is 0. The summed E-state index contributed by atoms with van der Waals surface area (Å²) >= 11 is 0. The zero-order valence-electron chi connectivity index (χ0n) is 17.3. The number of rotatable bonds is 6. The second kappa shape index (κ2) is 7.86. The van der Waals surface area contributed by atoms with Crippen molar-refractivity contribution in [3.63, 3.8) is 0 Å². The van der Waals surface area contributed by atoms with Gasteiger partial charge in [0.05, 0.1) is 0 Å².